The Morgan fingerprint density at radius 3 is 2.33 bits per heavy atom. The molecule has 1 aromatic heterocycles. The summed E-state index contributed by atoms with van der Waals surface area (Å²) in [6.07, 6.45) is 0. The Kier molecular flexibility index (Phi) is 4.84. The van der Waals surface area contributed by atoms with E-state index in [1.807, 2.05) is 13.0 Å². The Bertz CT molecular complexity index is 1200. The van der Waals surface area contributed by atoms with Gasteiger partial charge in [0.15, 0.2) is 0 Å². The van der Waals surface area contributed by atoms with Crippen molar-refractivity contribution in [1.82, 2.24) is 4.98 Å². The summed E-state index contributed by atoms with van der Waals surface area (Å²) < 4.78 is 28.0. The lowest BCUT2D eigenvalue weighted by Crippen LogP contribution is -2.15. The SMILES string of the molecule is Cc1ccc(S(=O)(=O)Nc2ccccc2-c2cc(C)[nH]c(=O)c2C#N)cc1. The van der Waals surface area contributed by atoms with Gasteiger partial charge in [0.25, 0.3) is 15.6 Å². The molecule has 0 radical (unpaired) electrons. The average Bonchev–Trinajstić information content (AvgIpc) is 2.61. The first-order valence-corrected chi connectivity index (χ1v) is 9.63. The molecular weight excluding hydrogens is 362 g/mol. The summed E-state index contributed by atoms with van der Waals surface area (Å²) in [6.45, 7) is 3.57. The molecule has 0 spiro atoms. The van der Waals surface area contributed by atoms with E-state index in [-0.39, 0.29) is 10.5 Å². The van der Waals surface area contributed by atoms with Crippen LogP contribution < -0.4 is 10.3 Å². The molecule has 0 aliphatic carbocycles. The number of rotatable bonds is 4. The number of nitrogens with one attached hydrogen (secondary N) is 2. The fraction of sp³-hybridized carbons (Fsp3) is 0.100. The first kappa shape index (κ1) is 18.4. The number of hydrogen-bond donors (Lipinski definition) is 2. The molecule has 27 heavy (non-hydrogen) atoms. The second-order valence-electron chi connectivity index (χ2n) is 6.15. The van der Waals surface area contributed by atoms with E-state index in [4.69, 9.17) is 0 Å². The molecule has 2 N–H and O–H groups in total. The Hall–Kier alpha value is -3.37. The minimum absolute atomic E-state index is 0.0671. The predicted molar refractivity (Wildman–Crippen MR) is 104 cm³/mol. The number of aromatic amines is 1. The Labute approximate surface area is 157 Å². The smallest absolute Gasteiger partial charge is 0.266 e. The van der Waals surface area contributed by atoms with E-state index in [0.29, 0.717) is 22.5 Å². The fourth-order valence-electron chi connectivity index (χ4n) is 2.74. The maximum absolute atomic E-state index is 12.7. The van der Waals surface area contributed by atoms with Crippen molar-refractivity contribution in [2.75, 3.05) is 4.72 Å². The molecule has 3 aromatic rings. The number of nitrogens with zero attached hydrogens (tertiary/aromatic N) is 1. The lowest BCUT2D eigenvalue weighted by molar-refractivity contribution is 0.601. The number of aryl methyl sites for hydroxylation is 2. The van der Waals surface area contributed by atoms with Crippen molar-refractivity contribution in [2.24, 2.45) is 0 Å². The number of H-pyrrole nitrogens is 1. The number of para-hydroxylation sites is 1. The monoisotopic (exact) mass is 379 g/mol. The van der Waals surface area contributed by atoms with Crippen molar-refractivity contribution in [3.63, 3.8) is 0 Å². The number of nitriles is 1. The maximum atomic E-state index is 12.7. The summed E-state index contributed by atoms with van der Waals surface area (Å²) >= 11 is 0. The summed E-state index contributed by atoms with van der Waals surface area (Å²) in [4.78, 5) is 14.8. The van der Waals surface area contributed by atoms with E-state index in [2.05, 4.69) is 9.71 Å². The van der Waals surface area contributed by atoms with Crippen LogP contribution in [0.15, 0.2) is 64.3 Å². The summed E-state index contributed by atoms with van der Waals surface area (Å²) in [5.41, 5.74) is 2.07. The van der Waals surface area contributed by atoms with E-state index in [0.717, 1.165) is 5.56 Å². The highest BCUT2D eigenvalue weighted by molar-refractivity contribution is 7.92. The van der Waals surface area contributed by atoms with E-state index in [1.165, 1.54) is 12.1 Å². The topological polar surface area (TPSA) is 103 Å². The first-order chi connectivity index (χ1) is 12.8. The van der Waals surface area contributed by atoms with Crippen LogP contribution in [-0.4, -0.2) is 13.4 Å². The van der Waals surface area contributed by atoms with Crippen molar-refractivity contribution in [1.29, 1.82) is 5.26 Å². The molecule has 136 valence electrons. The van der Waals surface area contributed by atoms with Crippen LogP contribution in [0.25, 0.3) is 11.1 Å². The van der Waals surface area contributed by atoms with Crippen molar-refractivity contribution in [2.45, 2.75) is 18.7 Å². The van der Waals surface area contributed by atoms with Gasteiger partial charge in [-0.1, -0.05) is 35.9 Å². The molecule has 0 aliphatic rings. The van der Waals surface area contributed by atoms with Gasteiger partial charge in [-0.3, -0.25) is 9.52 Å². The van der Waals surface area contributed by atoms with Crippen LogP contribution in [0.3, 0.4) is 0 Å². The molecule has 7 heteroatoms. The Morgan fingerprint density at radius 1 is 1.00 bits per heavy atom. The molecule has 0 saturated carbocycles. The Morgan fingerprint density at radius 2 is 1.67 bits per heavy atom. The lowest BCUT2D eigenvalue weighted by atomic mass is 9.99. The minimum atomic E-state index is -3.82. The van der Waals surface area contributed by atoms with Gasteiger partial charge in [-0.05, 0) is 38.1 Å². The third-order valence-electron chi connectivity index (χ3n) is 4.07. The second kappa shape index (κ2) is 7.09. The first-order valence-electron chi connectivity index (χ1n) is 8.15. The number of aromatic nitrogens is 1. The van der Waals surface area contributed by atoms with Crippen molar-refractivity contribution < 1.29 is 8.42 Å². The van der Waals surface area contributed by atoms with Crippen molar-refractivity contribution in [3.05, 3.63) is 81.8 Å². The van der Waals surface area contributed by atoms with Crippen LogP contribution in [0.4, 0.5) is 5.69 Å². The molecule has 0 fully saturated rings. The molecule has 0 bridgehead atoms. The quantitative estimate of drug-likeness (QED) is 0.726. The highest BCUT2D eigenvalue weighted by atomic mass is 32.2. The number of sulfonamides is 1. The fourth-order valence-corrected chi connectivity index (χ4v) is 3.82. The maximum Gasteiger partial charge on any atom is 0.266 e. The van der Waals surface area contributed by atoms with Gasteiger partial charge >= 0.3 is 0 Å². The standard InChI is InChI=1S/C20H17N3O3S/c1-13-7-9-15(10-8-13)27(25,26)23-19-6-4-3-5-16(19)17-11-14(2)22-20(24)18(17)12-21/h3-11,23H,1-2H3,(H,22,24). The van der Waals surface area contributed by atoms with Gasteiger partial charge in [-0.2, -0.15) is 5.26 Å². The zero-order chi connectivity index (χ0) is 19.6. The molecule has 1 heterocycles. The molecule has 0 unspecified atom stereocenters. The average molecular weight is 379 g/mol. The van der Waals surface area contributed by atoms with Crippen LogP contribution in [0.5, 0.6) is 0 Å². The zero-order valence-electron chi connectivity index (χ0n) is 14.8. The van der Waals surface area contributed by atoms with Crippen LogP contribution in [0.2, 0.25) is 0 Å². The summed E-state index contributed by atoms with van der Waals surface area (Å²) in [5.74, 6) is 0. The Balaban J connectivity index is 2.13. The molecule has 3 rings (SSSR count). The van der Waals surface area contributed by atoms with E-state index >= 15 is 0 Å². The third-order valence-corrected chi connectivity index (χ3v) is 5.45. The van der Waals surface area contributed by atoms with Gasteiger partial charge in [-0.15, -0.1) is 0 Å². The molecular formula is C20H17N3O3S. The van der Waals surface area contributed by atoms with Crippen LogP contribution in [-0.2, 0) is 10.0 Å². The minimum Gasteiger partial charge on any atom is -0.325 e. The third kappa shape index (κ3) is 3.76. The van der Waals surface area contributed by atoms with E-state index in [1.54, 1.807) is 49.4 Å². The second-order valence-corrected chi connectivity index (χ2v) is 7.83. The van der Waals surface area contributed by atoms with E-state index in [9.17, 15) is 18.5 Å². The van der Waals surface area contributed by atoms with Gasteiger partial charge in [-0.25, -0.2) is 8.42 Å². The molecule has 0 saturated heterocycles. The number of hydrogen-bond acceptors (Lipinski definition) is 4. The van der Waals surface area contributed by atoms with Crippen LogP contribution >= 0.6 is 0 Å². The molecule has 6 nitrogen and oxygen atoms in total. The van der Waals surface area contributed by atoms with Gasteiger partial charge in [0.2, 0.25) is 0 Å². The predicted octanol–water partition coefficient (Wildman–Crippen LogP) is 3.33. The summed E-state index contributed by atoms with van der Waals surface area (Å²) in [7, 11) is -3.82. The number of pyridine rings is 1. The van der Waals surface area contributed by atoms with Crippen LogP contribution in [0.1, 0.15) is 16.8 Å². The van der Waals surface area contributed by atoms with Gasteiger partial charge in [0.05, 0.1) is 10.6 Å². The van der Waals surface area contributed by atoms with Crippen molar-refractivity contribution in [3.8, 4) is 17.2 Å². The lowest BCUT2D eigenvalue weighted by Gasteiger charge is -2.14. The van der Waals surface area contributed by atoms with Gasteiger partial charge in [0, 0.05) is 16.8 Å². The largest absolute Gasteiger partial charge is 0.325 e. The van der Waals surface area contributed by atoms with Crippen LogP contribution in [0, 0.1) is 25.2 Å². The van der Waals surface area contributed by atoms with Crippen molar-refractivity contribution >= 4 is 15.7 Å². The molecule has 0 amide bonds. The zero-order valence-corrected chi connectivity index (χ0v) is 15.6. The summed E-state index contributed by atoms with van der Waals surface area (Å²) in [5, 5.41) is 9.37. The van der Waals surface area contributed by atoms with E-state index < -0.39 is 15.6 Å². The molecule has 2 aromatic carbocycles. The normalized spacial score (nSPS) is 11.0. The molecule has 0 atom stereocenters. The number of benzene rings is 2. The van der Waals surface area contributed by atoms with Gasteiger partial charge in [0.1, 0.15) is 11.6 Å². The highest BCUT2D eigenvalue weighted by Crippen LogP contribution is 2.31. The molecule has 0 aliphatic heterocycles. The summed E-state index contributed by atoms with van der Waals surface area (Å²) in [6, 6.07) is 16.7. The highest BCUT2D eigenvalue weighted by Gasteiger charge is 2.18. The van der Waals surface area contributed by atoms with Gasteiger partial charge < -0.3 is 4.98 Å². The number of anilines is 1.